The van der Waals surface area contributed by atoms with Crippen LogP contribution in [0, 0.1) is 6.92 Å². The molecule has 1 aliphatic heterocycles. The van der Waals surface area contributed by atoms with Crippen molar-refractivity contribution in [1.82, 2.24) is 9.38 Å². The number of imidazole rings is 1. The number of ether oxygens (including phenoxy) is 1. The Kier molecular flexibility index (Phi) is 1.61. The predicted molar refractivity (Wildman–Crippen MR) is 53.3 cm³/mol. The van der Waals surface area contributed by atoms with Crippen LogP contribution in [0.2, 0.25) is 0 Å². The van der Waals surface area contributed by atoms with Gasteiger partial charge in [-0.15, -0.1) is 0 Å². The Balaban J connectivity index is 2.32. The minimum absolute atomic E-state index is 0.694. The average molecular weight is 188 g/mol. The summed E-state index contributed by atoms with van der Waals surface area (Å²) in [5.41, 5.74) is 4.70. The maximum absolute atomic E-state index is 5.44. The topological polar surface area (TPSA) is 26.5 Å². The van der Waals surface area contributed by atoms with Gasteiger partial charge in [-0.25, -0.2) is 4.98 Å². The van der Waals surface area contributed by atoms with Crippen LogP contribution in [0.25, 0.3) is 5.65 Å². The van der Waals surface area contributed by atoms with Gasteiger partial charge in [0.1, 0.15) is 5.65 Å². The fourth-order valence-electron chi connectivity index (χ4n) is 1.94. The lowest BCUT2D eigenvalue weighted by Gasteiger charge is -2.11. The van der Waals surface area contributed by atoms with E-state index in [-0.39, 0.29) is 0 Å². The molecule has 3 heteroatoms. The standard InChI is InChI=1S/C11H12N2O/c1-8-2-3-11-12-9-4-5-14-7-10(9)13(11)6-8/h2-3,6H,4-5,7H2,1H3. The summed E-state index contributed by atoms with van der Waals surface area (Å²) in [6.07, 6.45) is 3.06. The first kappa shape index (κ1) is 8.00. The number of fused-ring (bicyclic) bond motifs is 3. The van der Waals surface area contributed by atoms with E-state index in [1.54, 1.807) is 0 Å². The molecule has 0 fully saturated rings. The van der Waals surface area contributed by atoms with Crippen molar-refractivity contribution in [3.8, 4) is 0 Å². The molecule has 1 aliphatic rings. The van der Waals surface area contributed by atoms with Gasteiger partial charge in [-0.05, 0) is 18.6 Å². The summed E-state index contributed by atoms with van der Waals surface area (Å²) in [5, 5.41) is 0. The molecule has 72 valence electrons. The van der Waals surface area contributed by atoms with Gasteiger partial charge in [0.2, 0.25) is 0 Å². The Hall–Kier alpha value is -1.35. The molecule has 0 saturated heterocycles. The van der Waals surface area contributed by atoms with Crippen LogP contribution in [0.15, 0.2) is 18.3 Å². The Bertz CT molecular complexity index is 487. The SMILES string of the molecule is Cc1ccc2nc3c(n2c1)COCC3. The highest BCUT2D eigenvalue weighted by atomic mass is 16.5. The number of aromatic nitrogens is 2. The molecule has 0 aromatic carbocycles. The molecule has 0 atom stereocenters. The predicted octanol–water partition coefficient (Wildman–Crippen LogP) is 1.72. The number of pyridine rings is 1. The molecule has 0 N–H and O–H groups in total. The van der Waals surface area contributed by atoms with Crippen molar-refractivity contribution in [3.05, 3.63) is 35.3 Å². The van der Waals surface area contributed by atoms with Crippen molar-refractivity contribution in [2.45, 2.75) is 20.0 Å². The van der Waals surface area contributed by atoms with Crippen molar-refractivity contribution in [1.29, 1.82) is 0 Å². The van der Waals surface area contributed by atoms with E-state index in [0.717, 1.165) is 18.7 Å². The minimum atomic E-state index is 0.694. The van der Waals surface area contributed by atoms with E-state index < -0.39 is 0 Å². The number of hydrogen-bond acceptors (Lipinski definition) is 2. The first-order chi connectivity index (χ1) is 6.84. The van der Waals surface area contributed by atoms with E-state index in [9.17, 15) is 0 Å². The third-order valence-electron chi connectivity index (χ3n) is 2.67. The fraction of sp³-hybridized carbons (Fsp3) is 0.364. The molecular formula is C11H12N2O. The molecule has 3 heterocycles. The largest absolute Gasteiger partial charge is 0.375 e. The van der Waals surface area contributed by atoms with Crippen LogP contribution in [0.4, 0.5) is 0 Å². The van der Waals surface area contributed by atoms with E-state index in [2.05, 4.69) is 34.6 Å². The summed E-state index contributed by atoms with van der Waals surface area (Å²) in [5.74, 6) is 0. The van der Waals surface area contributed by atoms with Crippen molar-refractivity contribution < 1.29 is 4.74 Å². The van der Waals surface area contributed by atoms with E-state index in [0.29, 0.717) is 6.61 Å². The van der Waals surface area contributed by atoms with Crippen LogP contribution < -0.4 is 0 Å². The summed E-state index contributed by atoms with van der Waals surface area (Å²) >= 11 is 0. The quantitative estimate of drug-likeness (QED) is 0.629. The summed E-state index contributed by atoms with van der Waals surface area (Å²) in [7, 11) is 0. The first-order valence-corrected chi connectivity index (χ1v) is 4.89. The molecule has 0 bridgehead atoms. The number of rotatable bonds is 0. The molecule has 0 amide bonds. The Morgan fingerprint density at radius 1 is 1.43 bits per heavy atom. The molecular weight excluding hydrogens is 176 g/mol. The van der Waals surface area contributed by atoms with Crippen molar-refractivity contribution in [2.24, 2.45) is 0 Å². The second-order valence-electron chi connectivity index (χ2n) is 3.74. The van der Waals surface area contributed by atoms with Gasteiger partial charge in [-0.3, -0.25) is 0 Å². The zero-order valence-electron chi connectivity index (χ0n) is 8.16. The molecule has 14 heavy (non-hydrogen) atoms. The molecule has 0 aliphatic carbocycles. The number of hydrogen-bond donors (Lipinski definition) is 0. The highest BCUT2D eigenvalue weighted by molar-refractivity contribution is 5.44. The van der Waals surface area contributed by atoms with Gasteiger partial charge in [0.15, 0.2) is 0 Å². The molecule has 3 nitrogen and oxygen atoms in total. The third-order valence-corrected chi connectivity index (χ3v) is 2.67. The van der Waals surface area contributed by atoms with Crippen molar-refractivity contribution >= 4 is 5.65 Å². The molecule has 2 aromatic heterocycles. The fourth-order valence-corrected chi connectivity index (χ4v) is 1.94. The minimum Gasteiger partial charge on any atom is -0.375 e. The van der Waals surface area contributed by atoms with Gasteiger partial charge in [0.25, 0.3) is 0 Å². The highest BCUT2D eigenvalue weighted by Gasteiger charge is 2.15. The first-order valence-electron chi connectivity index (χ1n) is 4.89. The van der Waals surface area contributed by atoms with E-state index >= 15 is 0 Å². The smallest absolute Gasteiger partial charge is 0.137 e. The molecule has 0 unspecified atom stereocenters. The Morgan fingerprint density at radius 3 is 3.29 bits per heavy atom. The number of aryl methyl sites for hydroxylation is 1. The van der Waals surface area contributed by atoms with Gasteiger partial charge in [-0.2, -0.15) is 0 Å². The lowest BCUT2D eigenvalue weighted by Crippen LogP contribution is -2.10. The van der Waals surface area contributed by atoms with E-state index in [1.165, 1.54) is 17.0 Å². The van der Waals surface area contributed by atoms with Crippen molar-refractivity contribution in [3.63, 3.8) is 0 Å². The lowest BCUT2D eigenvalue weighted by atomic mass is 10.2. The van der Waals surface area contributed by atoms with E-state index in [1.807, 2.05) is 0 Å². The average Bonchev–Trinajstić information content (AvgIpc) is 2.56. The van der Waals surface area contributed by atoms with Crippen LogP contribution >= 0.6 is 0 Å². The van der Waals surface area contributed by atoms with Gasteiger partial charge in [-0.1, -0.05) is 6.07 Å². The maximum atomic E-state index is 5.44. The van der Waals surface area contributed by atoms with Gasteiger partial charge >= 0.3 is 0 Å². The monoisotopic (exact) mass is 188 g/mol. The Morgan fingerprint density at radius 2 is 2.36 bits per heavy atom. The van der Waals surface area contributed by atoms with Gasteiger partial charge in [0.05, 0.1) is 24.6 Å². The zero-order chi connectivity index (χ0) is 9.54. The van der Waals surface area contributed by atoms with Crippen LogP contribution in [0.5, 0.6) is 0 Å². The van der Waals surface area contributed by atoms with Crippen LogP contribution in [0.1, 0.15) is 17.0 Å². The normalized spacial score (nSPS) is 15.8. The second-order valence-corrected chi connectivity index (χ2v) is 3.74. The second kappa shape index (κ2) is 2.82. The van der Waals surface area contributed by atoms with Crippen LogP contribution in [-0.4, -0.2) is 16.0 Å². The Labute approximate surface area is 82.3 Å². The van der Waals surface area contributed by atoms with Crippen LogP contribution in [-0.2, 0) is 17.8 Å². The molecule has 0 spiro atoms. The lowest BCUT2D eigenvalue weighted by molar-refractivity contribution is 0.106. The van der Waals surface area contributed by atoms with E-state index in [4.69, 9.17) is 4.74 Å². The summed E-state index contributed by atoms with van der Waals surface area (Å²) < 4.78 is 7.58. The zero-order valence-corrected chi connectivity index (χ0v) is 8.16. The summed E-state index contributed by atoms with van der Waals surface area (Å²) in [6, 6.07) is 4.16. The number of nitrogens with zero attached hydrogens (tertiary/aromatic N) is 2. The third kappa shape index (κ3) is 1.06. The molecule has 3 rings (SSSR count). The maximum Gasteiger partial charge on any atom is 0.137 e. The van der Waals surface area contributed by atoms with Crippen LogP contribution in [0.3, 0.4) is 0 Å². The van der Waals surface area contributed by atoms with Gasteiger partial charge < -0.3 is 9.14 Å². The summed E-state index contributed by atoms with van der Waals surface area (Å²) in [6.45, 7) is 3.59. The van der Waals surface area contributed by atoms with Gasteiger partial charge in [0, 0.05) is 12.6 Å². The molecule has 0 saturated carbocycles. The van der Waals surface area contributed by atoms with Crippen molar-refractivity contribution in [2.75, 3.05) is 6.61 Å². The molecule has 2 aromatic rings. The summed E-state index contributed by atoms with van der Waals surface area (Å²) in [4.78, 5) is 4.58. The molecule has 0 radical (unpaired) electrons. The highest BCUT2D eigenvalue weighted by Crippen LogP contribution is 2.18.